The summed E-state index contributed by atoms with van der Waals surface area (Å²) in [5.74, 6) is -0.209. The molecule has 0 aliphatic rings. The molecule has 0 saturated carbocycles. The van der Waals surface area contributed by atoms with Crippen LogP contribution >= 0.6 is 11.8 Å². The molecule has 4 heterocycles. The number of rotatable bonds is 3. The van der Waals surface area contributed by atoms with Gasteiger partial charge in [-0.3, -0.25) is 9.38 Å². The molecule has 4 rings (SSSR count). The minimum Gasteiger partial charge on any atom is -0.277 e. The van der Waals surface area contributed by atoms with Gasteiger partial charge in [0.1, 0.15) is 10.7 Å². The molecule has 0 spiro atoms. The van der Waals surface area contributed by atoms with E-state index in [1.165, 1.54) is 24.5 Å². The molecule has 0 amide bonds. The Hall–Kier alpha value is -3.22. The minimum atomic E-state index is -4.75. The van der Waals surface area contributed by atoms with E-state index < -0.39 is 23.6 Å². The fourth-order valence-electron chi connectivity index (χ4n) is 2.45. The van der Waals surface area contributed by atoms with Gasteiger partial charge in [0.25, 0.3) is 0 Å². The molecular weight excluding hydrogens is 434 g/mol. The van der Waals surface area contributed by atoms with Gasteiger partial charge in [0.15, 0.2) is 11.5 Å². The van der Waals surface area contributed by atoms with Crippen LogP contribution in [-0.4, -0.2) is 29.5 Å². The van der Waals surface area contributed by atoms with Crippen molar-refractivity contribution in [2.24, 2.45) is 0 Å². The number of nitrogens with zero attached hydrogens (tertiary/aromatic N) is 6. The Labute approximate surface area is 168 Å². The molecule has 30 heavy (non-hydrogen) atoms. The first-order valence-electron chi connectivity index (χ1n) is 8.08. The van der Waals surface area contributed by atoms with E-state index in [1.807, 2.05) is 0 Å². The molecule has 0 bridgehead atoms. The Morgan fingerprint density at radius 1 is 0.833 bits per heavy atom. The van der Waals surface area contributed by atoms with Crippen molar-refractivity contribution >= 4 is 17.4 Å². The number of aromatic nitrogens is 6. The highest BCUT2D eigenvalue weighted by Gasteiger charge is 2.34. The third kappa shape index (κ3) is 4.06. The maximum atomic E-state index is 13.3. The van der Waals surface area contributed by atoms with E-state index in [0.717, 1.165) is 22.7 Å². The van der Waals surface area contributed by atoms with E-state index in [4.69, 9.17) is 0 Å². The van der Waals surface area contributed by atoms with Crippen molar-refractivity contribution in [3.63, 3.8) is 0 Å². The second kappa shape index (κ2) is 7.23. The lowest BCUT2D eigenvalue weighted by Crippen LogP contribution is -2.10. The molecule has 0 unspecified atom stereocenters. The smallest absolute Gasteiger partial charge is 0.277 e. The van der Waals surface area contributed by atoms with Gasteiger partial charge in [0.05, 0.1) is 5.56 Å². The minimum absolute atomic E-state index is 0.0800. The van der Waals surface area contributed by atoms with Crippen molar-refractivity contribution in [3.8, 4) is 11.4 Å². The molecule has 6 nitrogen and oxygen atoms in total. The molecule has 13 heteroatoms. The van der Waals surface area contributed by atoms with Crippen molar-refractivity contribution in [2.45, 2.75) is 22.5 Å². The maximum Gasteiger partial charge on any atom is 0.433 e. The summed E-state index contributed by atoms with van der Waals surface area (Å²) in [4.78, 5) is 11.4. The fraction of sp³-hybridized carbons (Fsp3) is 0.118. The molecule has 0 radical (unpaired) electrons. The predicted octanol–water partition coefficient (Wildman–Crippen LogP) is 4.77. The Morgan fingerprint density at radius 3 is 2.23 bits per heavy atom. The zero-order valence-electron chi connectivity index (χ0n) is 14.5. The van der Waals surface area contributed by atoms with Crippen LogP contribution in [0.1, 0.15) is 11.3 Å². The summed E-state index contributed by atoms with van der Waals surface area (Å²) >= 11 is 0.637. The lowest BCUT2D eigenvalue weighted by Gasteiger charge is -2.10. The summed E-state index contributed by atoms with van der Waals surface area (Å²) < 4.78 is 79.9. The lowest BCUT2D eigenvalue weighted by atomic mass is 10.2. The third-order valence-corrected chi connectivity index (χ3v) is 4.71. The van der Waals surface area contributed by atoms with Crippen molar-refractivity contribution in [1.82, 2.24) is 29.5 Å². The normalized spacial score (nSPS) is 12.5. The first-order chi connectivity index (χ1) is 14.1. The SMILES string of the molecule is FC(F)(F)c1ccc2nnc(Sc3cc(C(F)(F)F)nc(-c4ccncc4)n3)n2c1. The Balaban J connectivity index is 1.79. The van der Waals surface area contributed by atoms with Gasteiger partial charge in [0, 0.05) is 30.2 Å². The Morgan fingerprint density at radius 2 is 1.57 bits per heavy atom. The molecule has 154 valence electrons. The number of pyridine rings is 2. The predicted molar refractivity (Wildman–Crippen MR) is 92.4 cm³/mol. The van der Waals surface area contributed by atoms with Crippen LogP contribution in [0, 0.1) is 0 Å². The molecule has 0 aromatic carbocycles. The summed E-state index contributed by atoms with van der Waals surface area (Å²) in [6.07, 6.45) is -5.84. The van der Waals surface area contributed by atoms with Crippen LogP contribution in [0.5, 0.6) is 0 Å². The number of alkyl halides is 6. The Kier molecular flexibility index (Phi) is 4.84. The van der Waals surface area contributed by atoms with Gasteiger partial charge in [-0.1, -0.05) is 0 Å². The summed E-state index contributed by atoms with van der Waals surface area (Å²) in [5, 5.41) is 7.27. The first kappa shape index (κ1) is 20.1. The fourth-order valence-corrected chi connectivity index (χ4v) is 3.27. The quantitative estimate of drug-likeness (QED) is 0.336. The monoisotopic (exact) mass is 442 g/mol. The van der Waals surface area contributed by atoms with Crippen molar-refractivity contribution in [2.75, 3.05) is 0 Å². The average Bonchev–Trinajstić information content (AvgIpc) is 3.09. The molecule has 4 aromatic heterocycles. The van der Waals surface area contributed by atoms with Crippen LogP contribution in [-0.2, 0) is 12.4 Å². The van der Waals surface area contributed by atoms with Gasteiger partial charge in [-0.05, 0) is 36.0 Å². The largest absolute Gasteiger partial charge is 0.433 e. The zero-order chi connectivity index (χ0) is 21.5. The molecule has 0 saturated heterocycles. The number of halogens is 6. The van der Waals surface area contributed by atoms with Crippen molar-refractivity contribution in [3.05, 3.63) is 60.2 Å². The molecule has 0 fully saturated rings. The molecule has 0 aliphatic carbocycles. The molecule has 0 aliphatic heterocycles. The first-order valence-corrected chi connectivity index (χ1v) is 8.89. The average molecular weight is 442 g/mol. The van der Waals surface area contributed by atoms with Crippen molar-refractivity contribution < 1.29 is 26.3 Å². The topological polar surface area (TPSA) is 68.9 Å². The van der Waals surface area contributed by atoms with E-state index in [9.17, 15) is 26.3 Å². The summed E-state index contributed by atoms with van der Waals surface area (Å²) in [5.41, 5.74) is -1.75. The van der Waals surface area contributed by atoms with Gasteiger partial charge in [0.2, 0.25) is 5.16 Å². The van der Waals surface area contributed by atoms with E-state index in [1.54, 1.807) is 0 Å². The van der Waals surface area contributed by atoms with Crippen molar-refractivity contribution in [1.29, 1.82) is 0 Å². The summed E-state index contributed by atoms with van der Waals surface area (Å²) in [6.45, 7) is 0. The zero-order valence-corrected chi connectivity index (χ0v) is 15.3. The van der Waals surface area contributed by atoms with E-state index in [0.29, 0.717) is 23.4 Å². The second-order valence-corrected chi connectivity index (χ2v) is 6.86. The van der Waals surface area contributed by atoms with Crippen LogP contribution in [0.2, 0.25) is 0 Å². The molecule has 4 aromatic rings. The molecule has 0 N–H and O–H groups in total. The van der Waals surface area contributed by atoms with Crippen LogP contribution < -0.4 is 0 Å². The van der Waals surface area contributed by atoms with E-state index in [-0.39, 0.29) is 21.7 Å². The van der Waals surface area contributed by atoms with Gasteiger partial charge < -0.3 is 0 Å². The highest BCUT2D eigenvalue weighted by atomic mass is 32.2. The maximum absolute atomic E-state index is 13.3. The Bertz CT molecular complexity index is 1210. The van der Waals surface area contributed by atoms with Crippen LogP contribution in [0.25, 0.3) is 17.0 Å². The third-order valence-electron chi connectivity index (χ3n) is 3.83. The second-order valence-electron chi connectivity index (χ2n) is 5.88. The van der Waals surface area contributed by atoms with Gasteiger partial charge in [-0.25, -0.2) is 9.97 Å². The molecule has 0 atom stereocenters. The summed E-state index contributed by atoms with van der Waals surface area (Å²) in [6, 6.07) is 5.53. The summed E-state index contributed by atoms with van der Waals surface area (Å²) in [7, 11) is 0. The number of hydrogen-bond donors (Lipinski definition) is 0. The van der Waals surface area contributed by atoms with E-state index in [2.05, 4.69) is 25.1 Å². The van der Waals surface area contributed by atoms with Crippen LogP contribution in [0.15, 0.2) is 59.1 Å². The van der Waals surface area contributed by atoms with E-state index >= 15 is 0 Å². The van der Waals surface area contributed by atoms with Gasteiger partial charge >= 0.3 is 12.4 Å². The highest BCUT2D eigenvalue weighted by molar-refractivity contribution is 7.99. The molecular formula is C17H8F6N6S. The lowest BCUT2D eigenvalue weighted by molar-refractivity contribution is -0.141. The van der Waals surface area contributed by atoms with Gasteiger partial charge in [-0.2, -0.15) is 26.3 Å². The van der Waals surface area contributed by atoms with Crippen LogP contribution in [0.4, 0.5) is 26.3 Å². The standard InChI is InChI=1S/C17H8F6N6S/c18-16(19,20)10-1-2-12-27-28-15(29(12)8-10)30-13-7-11(17(21,22)23)25-14(26-13)9-3-5-24-6-4-9/h1-8H. The van der Waals surface area contributed by atoms with Crippen LogP contribution in [0.3, 0.4) is 0 Å². The van der Waals surface area contributed by atoms with Gasteiger partial charge in [-0.15, -0.1) is 10.2 Å². The number of hydrogen-bond acceptors (Lipinski definition) is 6. The number of fused-ring (bicyclic) bond motifs is 1. The highest BCUT2D eigenvalue weighted by Crippen LogP contribution is 2.35.